The van der Waals surface area contributed by atoms with Crippen molar-refractivity contribution in [2.45, 2.75) is 23.6 Å². The maximum atomic E-state index is 11.7. The molecule has 0 aromatic heterocycles. The molecule has 1 unspecified atom stereocenters. The standard InChI is InChI=1S/C11H13ClN2O2S/c1-8(12)6-7-13-11-9-4-2-3-5-10(9)17(15,16)14-11/h2-5,8H,6-7H2,1H3,(H,13,14). The van der Waals surface area contributed by atoms with Crippen LogP contribution in [-0.4, -0.2) is 26.2 Å². The van der Waals surface area contributed by atoms with E-state index in [4.69, 9.17) is 11.6 Å². The Balaban J connectivity index is 2.29. The third-order valence-corrected chi connectivity index (χ3v) is 4.07. The molecule has 1 aliphatic rings. The van der Waals surface area contributed by atoms with Crippen molar-refractivity contribution in [2.75, 3.05) is 6.54 Å². The largest absolute Gasteiger partial charge is 0.267 e. The monoisotopic (exact) mass is 272 g/mol. The molecule has 1 heterocycles. The van der Waals surface area contributed by atoms with Crippen LogP contribution < -0.4 is 4.72 Å². The molecule has 6 heteroatoms. The van der Waals surface area contributed by atoms with Crippen molar-refractivity contribution in [1.29, 1.82) is 0 Å². The lowest BCUT2D eigenvalue weighted by Crippen LogP contribution is -2.22. The lowest BCUT2D eigenvalue weighted by Gasteiger charge is -2.00. The van der Waals surface area contributed by atoms with E-state index in [0.29, 0.717) is 17.9 Å². The first kappa shape index (κ1) is 12.4. The van der Waals surface area contributed by atoms with Crippen molar-refractivity contribution in [3.8, 4) is 0 Å². The van der Waals surface area contributed by atoms with E-state index in [1.54, 1.807) is 24.3 Å². The van der Waals surface area contributed by atoms with Crippen LogP contribution in [0.15, 0.2) is 34.2 Å². The zero-order chi connectivity index (χ0) is 12.5. The fraction of sp³-hybridized carbons (Fsp3) is 0.364. The Morgan fingerprint density at radius 3 is 2.82 bits per heavy atom. The molecule has 1 N–H and O–H groups in total. The molecule has 0 radical (unpaired) electrons. The molecule has 2 rings (SSSR count). The highest BCUT2D eigenvalue weighted by Crippen LogP contribution is 2.22. The molecule has 0 bridgehead atoms. The molecular weight excluding hydrogens is 260 g/mol. The Morgan fingerprint density at radius 2 is 2.12 bits per heavy atom. The number of nitrogens with one attached hydrogen (secondary N) is 1. The lowest BCUT2D eigenvalue weighted by atomic mass is 10.2. The predicted octanol–water partition coefficient (Wildman–Crippen LogP) is 1.74. The Labute approximate surface area is 106 Å². The smallest absolute Gasteiger partial charge is 0.263 e. The van der Waals surface area contributed by atoms with Crippen LogP contribution in [0.2, 0.25) is 0 Å². The average molecular weight is 273 g/mol. The number of amidine groups is 1. The third kappa shape index (κ3) is 2.61. The van der Waals surface area contributed by atoms with E-state index in [1.165, 1.54) is 0 Å². The van der Waals surface area contributed by atoms with Gasteiger partial charge < -0.3 is 0 Å². The molecule has 0 saturated carbocycles. The van der Waals surface area contributed by atoms with Crippen LogP contribution >= 0.6 is 11.6 Å². The van der Waals surface area contributed by atoms with Crippen molar-refractivity contribution in [3.63, 3.8) is 0 Å². The van der Waals surface area contributed by atoms with Crippen molar-refractivity contribution in [3.05, 3.63) is 29.8 Å². The fourth-order valence-electron chi connectivity index (χ4n) is 1.61. The van der Waals surface area contributed by atoms with Crippen LogP contribution in [0, 0.1) is 0 Å². The molecule has 4 nitrogen and oxygen atoms in total. The number of hydrogen-bond donors (Lipinski definition) is 1. The SMILES string of the molecule is CC(Cl)CCN=C1NS(=O)(=O)c2ccccc21. The van der Waals surface area contributed by atoms with Gasteiger partial charge in [-0.25, -0.2) is 8.42 Å². The van der Waals surface area contributed by atoms with Crippen LogP contribution in [0.3, 0.4) is 0 Å². The van der Waals surface area contributed by atoms with E-state index in [1.807, 2.05) is 6.92 Å². The van der Waals surface area contributed by atoms with Gasteiger partial charge in [0.1, 0.15) is 5.84 Å². The highest BCUT2D eigenvalue weighted by Gasteiger charge is 2.29. The zero-order valence-electron chi connectivity index (χ0n) is 9.35. The summed E-state index contributed by atoms with van der Waals surface area (Å²) >= 11 is 5.81. The summed E-state index contributed by atoms with van der Waals surface area (Å²) in [4.78, 5) is 4.53. The molecule has 0 spiro atoms. The Morgan fingerprint density at radius 1 is 1.41 bits per heavy atom. The zero-order valence-corrected chi connectivity index (χ0v) is 10.9. The molecule has 1 aliphatic heterocycles. The number of nitrogens with zero attached hydrogens (tertiary/aromatic N) is 1. The van der Waals surface area contributed by atoms with E-state index in [2.05, 4.69) is 9.71 Å². The van der Waals surface area contributed by atoms with E-state index in [-0.39, 0.29) is 10.3 Å². The Bertz CT molecular complexity index is 552. The van der Waals surface area contributed by atoms with Gasteiger partial charge in [0.15, 0.2) is 0 Å². The van der Waals surface area contributed by atoms with Crippen LogP contribution in [0.4, 0.5) is 0 Å². The van der Waals surface area contributed by atoms with Gasteiger partial charge in [-0.2, -0.15) is 0 Å². The minimum absolute atomic E-state index is 0.0348. The second kappa shape index (κ2) is 4.66. The van der Waals surface area contributed by atoms with E-state index >= 15 is 0 Å². The van der Waals surface area contributed by atoms with Gasteiger partial charge in [-0.1, -0.05) is 12.1 Å². The average Bonchev–Trinajstić information content (AvgIpc) is 2.51. The first-order chi connectivity index (χ1) is 8.00. The molecule has 92 valence electrons. The lowest BCUT2D eigenvalue weighted by molar-refractivity contribution is 0.595. The van der Waals surface area contributed by atoms with E-state index in [0.717, 1.165) is 6.42 Å². The number of benzene rings is 1. The normalized spacial score (nSPS) is 20.9. The summed E-state index contributed by atoms with van der Waals surface area (Å²) < 4.78 is 25.9. The maximum absolute atomic E-state index is 11.7. The second-order valence-electron chi connectivity index (χ2n) is 3.90. The summed E-state index contributed by atoms with van der Waals surface area (Å²) in [6.45, 7) is 2.39. The van der Waals surface area contributed by atoms with Gasteiger partial charge in [0.05, 0.1) is 4.90 Å². The number of rotatable bonds is 3. The quantitative estimate of drug-likeness (QED) is 0.852. The third-order valence-electron chi connectivity index (χ3n) is 2.46. The van der Waals surface area contributed by atoms with Gasteiger partial charge in [0.2, 0.25) is 0 Å². The fourth-order valence-corrected chi connectivity index (χ4v) is 2.95. The maximum Gasteiger partial charge on any atom is 0.263 e. The summed E-state index contributed by atoms with van der Waals surface area (Å²) in [5.74, 6) is 0.415. The van der Waals surface area contributed by atoms with E-state index in [9.17, 15) is 8.42 Å². The molecule has 0 amide bonds. The highest BCUT2D eigenvalue weighted by atomic mass is 35.5. The van der Waals surface area contributed by atoms with Gasteiger partial charge >= 0.3 is 0 Å². The molecule has 0 saturated heterocycles. The molecule has 1 aromatic rings. The second-order valence-corrected chi connectivity index (χ2v) is 6.30. The number of halogens is 1. The van der Waals surface area contributed by atoms with Gasteiger partial charge in [0.25, 0.3) is 10.0 Å². The van der Waals surface area contributed by atoms with E-state index < -0.39 is 10.0 Å². The van der Waals surface area contributed by atoms with Crippen molar-refractivity contribution in [1.82, 2.24) is 4.72 Å². The van der Waals surface area contributed by atoms with Crippen molar-refractivity contribution in [2.24, 2.45) is 4.99 Å². The molecule has 1 atom stereocenters. The van der Waals surface area contributed by atoms with Gasteiger partial charge in [-0.15, -0.1) is 11.6 Å². The molecule has 17 heavy (non-hydrogen) atoms. The summed E-state index contributed by atoms with van der Waals surface area (Å²) in [5, 5.41) is 0.0348. The number of aliphatic imine (C=N–C) groups is 1. The predicted molar refractivity (Wildman–Crippen MR) is 68.1 cm³/mol. The summed E-state index contributed by atoms with van der Waals surface area (Å²) in [6, 6.07) is 6.81. The number of hydrogen-bond acceptors (Lipinski definition) is 3. The Kier molecular flexibility index (Phi) is 3.40. The van der Waals surface area contributed by atoms with Crippen LogP contribution in [-0.2, 0) is 10.0 Å². The number of alkyl halides is 1. The first-order valence-electron chi connectivity index (χ1n) is 5.31. The van der Waals surface area contributed by atoms with Crippen molar-refractivity contribution >= 4 is 27.5 Å². The first-order valence-corrected chi connectivity index (χ1v) is 7.23. The van der Waals surface area contributed by atoms with Crippen molar-refractivity contribution < 1.29 is 8.42 Å². The van der Waals surface area contributed by atoms with Crippen LogP contribution in [0.1, 0.15) is 18.9 Å². The topological polar surface area (TPSA) is 58.5 Å². The molecule has 1 aromatic carbocycles. The minimum Gasteiger partial charge on any atom is -0.267 e. The summed E-state index contributed by atoms with van der Waals surface area (Å²) in [6.07, 6.45) is 0.717. The Hall–Kier alpha value is -1.07. The molecular formula is C11H13ClN2O2S. The van der Waals surface area contributed by atoms with Crippen LogP contribution in [0.25, 0.3) is 0 Å². The van der Waals surface area contributed by atoms with Crippen LogP contribution in [0.5, 0.6) is 0 Å². The number of fused-ring (bicyclic) bond motifs is 1. The summed E-state index contributed by atoms with van der Waals surface area (Å²) in [7, 11) is -3.42. The molecule has 0 fully saturated rings. The van der Waals surface area contributed by atoms with Gasteiger partial charge in [-0.05, 0) is 25.5 Å². The molecule has 0 aliphatic carbocycles. The van der Waals surface area contributed by atoms with Gasteiger partial charge in [-0.3, -0.25) is 9.71 Å². The number of sulfonamides is 1. The minimum atomic E-state index is -3.42. The highest BCUT2D eigenvalue weighted by molar-refractivity contribution is 7.90. The summed E-state index contributed by atoms with van der Waals surface area (Å²) in [5.41, 5.74) is 0.634. The van der Waals surface area contributed by atoms with Gasteiger partial charge in [0, 0.05) is 17.5 Å².